The minimum absolute atomic E-state index is 0.508. The summed E-state index contributed by atoms with van der Waals surface area (Å²) in [6.45, 7) is 5.17. The van der Waals surface area contributed by atoms with E-state index in [9.17, 15) is 0 Å². The first-order valence-corrected chi connectivity index (χ1v) is 7.95. The fraction of sp³-hybridized carbons (Fsp3) is 0.357. The maximum absolute atomic E-state index is 4.63. The summed E-state index contributed by atoms with van der Waals surface area (Å²) in [5, 5.41) is 6.73. The standard InChI is InChI=1S/C14H18N2S2/c1-11(2)15-8-12-9-18-14(16-12)10-17-13-6-4-3-5-7-13/h3-7,9,11,15H,8,10H2,1-2H3. The van der Waals surface area contributed by atoms with Gasteiger partial charge in [0.25, 0.3) is 0 Å². The molecule has 1 heterocycles. The fourth-order valence-corrected chi connectivity index (χ4v) is 3.20. The van der Waals surface area contributed by atoms with Crippen molar-refractivity contribution in [1.82, 2.24) is 10.3 Å². The molecule has 1 aromatic heterocycles. The van der Waals surface area contributed by atoms with E-state index in [1.165, 1.54) is 9.90 Å². The molecule has 0 amide bonds. The lowest BCUT2D eigenvalue weighted by molar-refractivity contribution is 0.582. The van der Waals surface area contributed by atoms with Crippen LogP contribution in [0.1, 0.15) is 24.5 Å². The molecular formula is C14H18N2S2. The molecule has 0 aliphatic carbocycles. The summed E-state index contributed by atoms with van der Waals surface area (Å²) in [6.07, 6.45) is 0. The molecule has 0 saturated heterocycles. The number of nitrogens with one attached hydrogen (secondary N) is 1. The van der Waals surface area contributed by atoms with E-state index in [2.05, 4.69) is 53.8 Å². The third-order valence-corrected chi connectivity index (χ3v) is 4.50. The molecule has 0 aliphatic heterocycles. The van der Waals surface area contributed by atoms with Gasteiger partial charge in [-0.25, -0.2) is 4.98 Å². The third-order valence-electron chi connectivity index (χ3n) is 2.40. The Balaban J connectivity index is 1.83. The number of benzene rings is 1. The predicted octanol–water partition coefficient (Wildman–Crippen LogP) is 3.93. The van der Waals surface area contributed by atoms with E-state index in [4.69, 9.17) is 0 Å². The lowest BCUT2D eigenvalue weighted by Crippen LogP contribution is -2.21. The number of thiazole rings is 1. The number of thioether (sulfide) groups is 1. The molecule has 0 fully saturated rings. The minimum atomic E-state index is 0.508. The van der Waals surface area contributed by atoms with Gasteiger partial charge in [0.15, 0.2) is 0 Å². The molecule has 0 bridgehead atoms. The molecule has 2 rings (SSSR count). The summed E-state index contributed by atoms with van der Waals surface area (Å²) >= 11 is 3.59. The molecule has 0 radical (unpaired) electrons. The molecule has 0 spiro atoms. The molecule has 0 atom stereocenters. The second kappa shape index (κ2) is 6.92. The summed E-state index contributed by atoms with van der Waals surface area (Å²) in [7, 11) is 0. The summed E-state index contributed by atoms with van der Waals surface area (Å²) in [5.74, 6) is 0.955. The second-order valence-corrected chi connectivity index (χ2v) is 6.36. The second-order valence-electron chi connectivity index (χ2n) is 4.37. The van der Waals surface area contributed by atoms with Gasteiger partial charge in [-0.1, -0.05) is 32.0 Å². The van der Waals surface area contributed by atoms with Gasteiger partial charge in [-0.2, -0.15) is 0 Å². The van der Waals surface area contributed by atoms with Crippen molar-refractivity contribution in [3.05, 3.63) is 46.4 Å². The Hall–Kier alpha value is -0.840. The highest BCUT2D eigenvalue weighted by Gasteiger charge is 2.03. The van der Waals surface area contributed by atoms with Crippen LogP contribution in [-0.2, 0) is 12.3 Å². The van der Waals surface area contributed by atoms with Gasteiger partial charge in [0.2, 0.25) is 0 Å². The van der Waals surface area contributed by atoms with Crippen LogP contribution >= 0.6 is 23.1 Å². The van der Waals surface area contributed by atoms with Crippen LogP contribution in [-0.4, -0.2) is 11.0 Å². The van der Waals surface area contributed by atoms with Crippen LogP contribution < -0.4 is 5.32 Å². The molecule has 0 saturated carbocycles. The van der Waals surface area contributed by atoms with E-state index < -0.39 is 0 Å². The van der Waals surface area contributed by atoms with Gasteiger partial charge in [0.1, 0.15) is 5.01 Å². The van der Waals surface area contributed by atoms with Crippen LogP contribution in [0.4, 0.5) is 0 Å². The van der Waals surface area contributed by atoms with Crippen molar-refractivity contribution in [2.24, 2.45) is 0 Å². The first-order valence-electron chi connectivity index (χ1n) is 6.08. The van der Waals surface area contributed by atoms with Gasteiger partial charge in [-0.3, -0.25) is 0 Å². The Labute approximate surface area is 117 Å². The number of nitrogens with zero attached hydrogens (tertiary/aromatic N) is 1. The number of aromatic nitrogens is 1. The van der Waals surface area contributed by atoms with E-state index in [0.29, 0.717) is 6.04 Å². The molecule has 0 aliphatic rings. The van der Waals surface area contributed by atoms with Gasteiger partial charge in [-0.05, 0) is 12.1 Å². The maximum Gasteiger partial charge on any atom is 0.103 e. The van der Waals surface area contributed by atoms with Crippen LogP contribution in [0.25, 0.3) is 0 Å². The molecule has 4 heteroatoms. The van der Waals surface area contributed by atoms with Crippen molar-refractivity contribution in [2.75, 3.05) is 0 Å². The maximum atomic E-state index is 4.63. The molecule has 96 valence electrons. The first-order chi connectivity index (χ1) is 8.74. The quantitative estimate of drug-likeness (QED) is 0.810. The first kappa shape index (κ1) is 13.6. The highest BCUT2D eigenvalue weighted by atomic mass is 32.2. The zero-order valence-electron chi connectivity index (χ0n) is 10.7. The van der Waals surface area contributed by atoms with Gasteiger partial charge in [0, 0.05) is 22.9 Å². The summed E-state index contributed by atoms with van der Waals surface area (Å²) < 4.78 is 0. The SMILES string of the molecule is CC(C)NCc1csc(CSc2ccccc2)n1. The van der Waals surface area contributed by atoms with Crippen molar-refractivity contribution in [3.63, 3.8) is 0 Å². The van der Waals surface area contributed by atoms with Crippen molar-refractivity contribution in [2.45, 2.75) is 37.1 Å². The van der Waals surface area contributed by atoms with Crippen LogP contribution in [0.3, 0.4) is 0 Å². The predicted molar refractivity (Wildman–Crippen MR) is 80.1 cm³/mol. The third kappa shape index (κ3) is 4.44. The van der Waals surface area contributed by atoms with Crippen LogP contribution in [0, 0.1) is 0 Å². The Morgan fingerprint density at radius 2 is 2.06 bits per heavy atom. The summed E-state index contributed by atoms with van der Waals surface area (Å²) in [4.78, 5) is 5.93. The molecule has 18 heavy (non-hydrogen) atoms. The van der Waals surface area contributed by atoms with Crippen LogP contribution in [0.2, 0.25) is 0 Å². The van der Waals surface area contributed by atoms with Gasteiger partial charge >= 0.3 is 0 Å². The Morgan fingerprint density at radius 3 is 2.78 bits per heavy atom. The van der Waals surface area contributed by atoms with Gasteiger partial charge < -0.3 is 5.32 Å². The highest BCUT2D eigenvalue weighted by molar-refractivity contribution is 7.98. The average molecular weight is 278 g/mol. The van der Waals surface area contributed by atoms with E-state index in [1.54, 1.807) is 11.3 Å². The van der Waals surface area contributed by atoms with E-state index >= 15 is 0 Å². The van der Waals surface area contributed by atoms with E-state index in [0.717, 1.165) is 18.0 Å². The van der Waals surface area contributed by atoms with Crippen molar-refractivity contribution in [3.8, 4) is 0 Å². The zero-order valence-corrected chi connectivity index (χ0v) is 12.4. The van der Waals surface area contributed by atoms with Crippen molar-refractivity contribution in [1.29, 1.82) is 0 Å². The molecule has 2 aromatic rings. The molecular weight excluding hydrogens is 260 g/mol. The monoisotopic (exact) mass is 278 g/mol. The lowest BCUT2D eigenvalue weighted by atomic mass is 10.4. The molecule has 1 aromatic carbocycles. The highest BCUT2D eigenvalue weighted by Crippen LogP contribution is 2.24. The molecule has 2 nitrogen and oxygen atoms in total. The molecule has 0 unspecified atom stereocenters. The number of hydrogen-bond acceptors (Lipinski definition) is 4. The van der Waals surface area contributed by atoms with Crippen LogP contribution in [0.5, 0.6) is 0 Å². The van der Waals surface area contributed by atoms with Crippen molar-refractivity contribution < 1.29 is 0 Å². The summed E-state index contributed by atoms with van der Waals surface area (Å²) in [5.41, 5.74) is 1.15. The van der Waals surface area contributed by atoms with Crippen LogP contribution in [0.15, 0.2) is 40.6 Å². The largest absolute Gasteiger partial charge is 0.309 e. The van der Waals surface area contributed by atoms with Gasteiger partial charge in [-0.15, -0.1) is 23.1 Å². The lowest BCUT2D eigenvalue weighted by Gasteiger charge is -2.04. The Kier molecular flexibility index (Phi) is 5.23. The number of hydrogen-bond donors (Lipinski definition) is 1. The fourth-order valence-electron chi connectivity index (χ4n) is 1.47. The molecule has 1 N–H and O–H groups in total. The van der Waals surface area contributed by atoms with Crippen molar-refractivity contribution >= 4 is 23.1 Å². The zero-order chi connectivity index (χ0) is 12.8. The average Bonchev–Trinajstić information content (AvgIpc) is 2.83. The number of rotatable bonds is 6. The van der Waals surface area contributed by atoms with E-state index in [1.807, 2.05) is 17.8 Å². The topological polar surface area (TPSA) is 24.9 Å². The summed E-state index contributed by atoms with van der Waals surface area (Å²) in [6, 6.07) is 11.0. The van der Waals surface area contributed by atoms with E-state index in [-0.39, 0.29) is 0 Å². The smallest absolute Gasteiger partial charge is 0.103 e. The normalized spacial score (nSPS) is 11.1. The van der Waals surface area contributed by atoms with Gasteiger partial charge in [0.05, 0.1) is 11.4 Å². The minimum Gasteiger partial charge on any atom is -0.309 e. The Morgan fingerprint density at radius 1 is 1.28 bits per heavy atom. The Bertz CT molecular complexity index is 466.